The molecule has 1 aromatic rings. The van der Waals surface area contributed by atoms with Crippen molar-refractivity contribution >= 4 is 35.3 Å². The Kier molecular flexibility index (Phi) is 6.67. The van der Waals surface area contributed by atoms with Crippen LogP contribution in [0.3, 0.4) is 0 Å². The van der Waals surface area contributed by atoms with E-state index >= 15 is 0 Å². The predicted octanol–water partition coefficient (Wildman–Crippen LogP) is 3.73. The SMILES string of the molecule is CCCCCC(=O)NN=Cc1cc(Cl)cc(Cl)c1O. The highest BCUT2D eigenvalue weighted by Crippen LogP contribution is 2.29. The van der Waals surface area contributed by atoms with Gasteiger partial charge in [-0.15, -0.1) is 0 Å². The van der Waals surface area contributed by atoms with E-state index < -0.39 is 0 Å². The Balaban J connectivity index is 2.55. The molecule has 0 spiro atoms. The second kappa shape index (κ2) is 8.02. The van der Waals surface area contributed by atoms with Gasteiger partial charge in [0.25, 0.3) is 0 Å². The Labute approximate surface area is 122 Å². The highest BCUT2D eigenvalue weighted by atomic mass is 35.5. The molecule has 6 heteroatoms. The number of phenols is 1. The number of rotatable bonds is 6. The summed E-state index contributed by atoms with van der Waals surface area (Å²) in [6, 6.07) is 2.94. The first-order valence-electron chi connectivity index (χ1n) is 6.04. The summed E-state index contributed by atoms with van der Waals surface area (Å²) in [4.78, 5) is 11.4. The topological polar surface area (TPSA) is 61.7 Å². The zero-order valence-corrected chi connectivity index (χ0v) is 12.1. The summed E-state index contributed by atoms with van der Waals surface area (Å²) in [5.74, 6) is -0.271. The molecule has 0 aliphatic carbocycles. The minimum absolute atomic E-state index is 0.116. The highest BCUT2D eigenvalue weighted by molar-refractivity contribution is 6.36. The molecule has 0 heterocycles. The average Bonchev–Trinajstić information content (AvgIpc) is 2.35. The third kappa shape index (κ3) is 5.49. The van der Waals surface area contributed by atoms with Crippen molar-refractivity contribution in [2.24, 2.45) is 5.10 Å². The third-order valence-corrected chi connectivity index (χ3v) is 2.96. The second-order valence-electron chi connectivity index (χ2n) is 4.08. The molecule has 2 N–H and O–H groups in total. The summed E-state index contributed by atoms with van der Waals surface area (Å²) < 4.78 is 0. The van der Waals surface area contributed by atoms with Gasteiger partial charge in [0.15, 0.2) is 0 Å². The summed E-state index contributed by atoms with van der Waals surface area (Å²) in [6.45, 7) is 2.07. The standard InChI is InChI=1S/C13H16Cl2N2O2/c1-2-3-4-5-12(18)17-16-8-9-6-10(14)7-11(15)13(9)19/h6-8,19H,2-5H2,1H3,(H,17,18). The van der Waals surface area contributed by atoms with Crippen molar-refractivity contribution < 1.29 is 9.90 Å². The number of carbonyl (C=O) groups is 1. The zero-order valence-electron chi connectivity index (χ0n) is 10.6. The number of hydrogen-bond acceptors (Lipinski definition) is 3. The fraction of sp³-hybridized carbons (Fsp3) is 0.385. The number of hydrazone groups is 1. The smallest absolute Gasteiger partial charge is 0.240 e. The normalized spacial score (nSPS) is 10.9. The molecular weight excluding hydrogens is 287 g/mol. The van der Waals surface area contributed by atoms with Crippen molar-refractivity contribution in [2.75, 3.05) is 0 Å². The number of nitrogens with one attached hydrogen (secondary N) is 1. The number of amides is 1. The molecule has 0 atom stereocenters. The molecule has 104 valence electrons. The van der Waals surface area contributed by atoms with E-state index in [1.54, 1.807) is 0 Å². The Morgan fingerprint density at radius 1 is 1.42 bits per heavy atom. The van der Waals surface area contributed by atoms with Gasteiger partial charge in [0.05, 0.1) is 11.2 Å². The van der Waals surface area contributed by atoms with E-state index in [2.05, 4.69) is 17.5 Å². The highest BCUT2D eigenvalue weighted by Gasteiger charge is 2.06. The maximum absolute atomic E-state index is 11.4. The van der Waals surface area contributed by atoms with Crippen LogP contribution in [0.5, 0.6) is 5.75 Å². The van der Waals surface area contributed by atoms with Gasteiger partial charge in [-0.25, -0.2) is 5.43 Å². The Morgan fingerprint density at radius 2 is 2.16 bits per heavy atom. The van der Waals surface area contributed by atoms with E-state index in [1.807, 2.05) is 0 Å². The largest absolute Gasteiger partial charge is 0.506 e. The predicted molar refractivity (Wildman–Crippen MR) is 78.0 cm³/mol. The maximum atomic E-state index is 11.4. The summed E-state index contributed by atoms with van der Waals surface area (Å²) in [7, 11) is 0. The van der Waals surface area contributed by atoms with E-state index in [1.165, 1.54) is 18.3 Å². The quantitative estimate of drug-likeness (QED) is 0.478. The molecule has 4 nitrogen and oxygen atoms in total. The lowest BCUT2D eigenvalue weighted by Crippen LogP contribution is -2.16. The molecular formula is C13H16Cl2N2O2. The molecule has 0 unspecified atom stereocenters. The zero-order chi connectivity index (χ0) is 14.3. The van der Waals surface area contributed by atoms with Gasteiger partial charge < -0.3 is 5.11 Å². The Bertz CT molecular complexity index is 476. The van der Waals surface area contributed by atoms with Gasteiger partial charge in [0.1, 0.15) is 5.75 Å². The first-order valence-corrected chi connectivity index (χ1v) is 6.80. The first-order chi connectivity index (χ1) is 9.04. The number of unbranched alkanes of at least 4 members (excludes halogenated alkanes) is 2. The van der Waals surface area contributed by atoms with E-state index in [0.717, 1.165) is 19.3 Å². The lowest BCUT2D eigenvalue weighted by Gasteiger charge is -2.02. The van der Waals surface area contributed by atoms with Crippen LogP contribution < -0.4 is 5.43 Å². The van der Waals surface area contributed by atoms with Crippen LogP contribution >= 0.6 is 23.2 Å². The van der Waals surface area contributed by atoms with Gasteiger partial charge in [-0.1, -0.05) is 43.0 Å². The second-order valence-corrected chi connectivity index (χ2v) is 4.92. The van der Waals surface area contributed by atoms with Crippen LogP contribution in [-0.2, 0) is 4.79 Å². The lowest BCUT2D eigenvalue weighted by molar-refractivity contribution is -0.121. The number of nitrogens with zero attached hydrogens (tertiary/aromatic N) is 1. The summed E-state index contributed by atoms with van der Waals surface area (Å²) >= 11 is 11.6. The number of benzene rings is 1. The van der Waals surface area contributed by atoms with Gasteiger partial charge in [-0.2, -0.15) is 5.10 Å². The van der Waals surface area contributed by atoms with Gasteiger partial charge >= 0.3 is 0 Å². The fourth-order valence-electron chi connectivity index (χ4n) is 1.45. The molecule has 19 heavy (non-hydrogen) atoms. The number of carbonyl (C=O) groups excluding carboxylic acids is 1. The van der Waals surface area contributed by atoms with Crippen LogP contribution in [0.25, 0.3) is 0 Å². The van der Waals surface area contributed by atoms with Gasteiger partial charge in [0, 0.05) is 17.0 Å². The van der Waals surface area contributed by atoms with Crippen molar-refractivity contribution in [3.05, 3.63) is 27.7 Å². The number of halogens is 2. The Morgan fingerprint density at radius 3 is 2.84 bits per heavy atom. The molecule has 0 aliphatic heterocycles. The van der Waals surface area contributed by atoms with E-state index in [4.69, 9.17) is 23.2 Å². The molecule has 0 saturated carbocycles. The minimum atomic E-state index is -0.155. The number of hydrogen-bond donors (Lipinski definition) is 2. The third-order valence-electron chi connectivity index (χ3n) is 2.46. The fourth-order valence-corrected chi connectivity index (χ4v) is 1.96. The molecule has 0 fully saturated rings. The molecule has 0 saturated heterocycles. The summed E-state index contributed by atoms with van der Waals surface area (Å²) in [5.41, 5.74) is 2.74. The molecule has 0 aromatic heterocycles. The van der Waals surface area contributed by atoms with Crippen LogP contribution in [-0.4, -0.2) is 17.2 Å². The lowest BCUT2D eigenvalue weighted by atomic mass is 10.2. The summed E-state index contributed by atoms with van der Waals surface area (Å²) in [5, 5.41) is 14.0. The molecule has 0 aliphatic rings. The summed E-state index contributed by atoms with van der Waals surface area (Å²) in [6.07, 6.45) is 4.66. The van der Waals surface area contributed by atoms with Gasteiger partial charge in [-0.3, -0.25) is 4.79 Å². The van der Waals surface area contributed by atoms with Crippen molar-refractivity contribution in [2.45, 2.75) is 32.6 Å². The van der Waals surface area contributed by atoms with E-state index in [0.29, 0.717) is 17.0 Å². The van der Waals surface area contributed by atoms with Crippen molar-refractivity contribution in [3.8, 4) is 5.75 Å². The van der Waals surface area contributed by atoms with Crippen LogP contribution in [0, 0.1) is 0 Å². The van der Waals surface area contributed by atoms with Crippen LogP contribution in [0.4, 0.5) is 0 Å². The van der Waals surface area contributed by atoms with E-state index in [-0.39, 0.29) is 16.7 Å². The van der Waals surface area contributed by atoms with Gasteiger partial charge in [-0.05, 0) is 18.6 Å². The van der Waals surface area contributed by atoms with Crippen LogP contribution in [0.15, 0.2) is 17.2 Å². The number of aromatic hydroxyl groups is 1. The van der Waals surface area contributed by atoms with Crippen molar-refractivity contribution in [3.63, 3.8) is 0 Å². The first kappa shape index (κ1) is 15.8. The van der Waals surface area contributed by atoms with Crippen LogP contribution in [0.1, 0.15) is 38.2 Å². The monoisotopic (exact) mass is 302 g/mol. The van der Waals surface area contributed by atoms with Gasteiger partial charge in [0.2, 0.25) is 5.91 Å². The average molecular weight is 303 g/mol. The van der Waals surface area contributed by atoms with E-state index in [9.17, 15) is 9.90 Å². The molecule has 0 radical (unpaired) electrons. The van der Waals surface area contributed by atoms with Crippen LogP contribution in [0.2, 0.25) is 10.0 Å². The maximum Gasteiger partial charge on any atom is 0.240 e. The number of phenolic OH excluding ortho intramolecular Hbond substituents is 1. The molecule has 1 rings (SSSR count). The van der Waals surface area contributed by atoms with Crippen molar-refractivity contribution in [1.82, 2.24) is 5.43 Å². The Hall–Kier alpha value is -1.26. The molecule has 1 aromatic carbocycles. The van der Waals surface area contributed by atoms with Crippen molar-refractivity contribution in [1.29, 1.82) is 0 Å². The molecule has 0 bridgehead atoms. The molecule has 1 amide bonds. The minimum Gasteiger partial charge on any atom is -0.506 e.